The molecule has 3 nitrogen and oxygen atoms in total. The lowest BCUT2D eigenvalue weighted by Gasteiger charge is -2.14. The van der Waals surface area contributed by atoms with Gasteiger partial charge < -0.3 is 10.5 Å². The largest absolute Gasteiger partial charge is 0.463 e. The lowest BCUT2D eigenvalue weighted by molar-refractivity contribution is -0.147. The normalized spacial score (nSPS) is 12.6. The predicted octanol–water partition coefficient (Wildman–Crippen LogP) is 2.68. The van der Waals surface area contributed by atoms with Crippen molar-refractivity contribution < 1.29 is 9.53 Å². The molecule has 1 rings (SSSR count). The maximum absolute atomic E-state index is 11.4. The van der Waals surface area contributed by atoms with E-state index in [1.165, 1.54) is 0 Å². The highest BCUT2D eigenvalue weighted by atomic mass is 35.5. The highest BCUT2D eigenvalue weighted by Crippen LogP contribution is 2.23. The Hall–Kier alpha value is -1.06. The van der Waals surface area contributed by atoms with E-state index in [0.29, 0.717) is 5.02 Å². The number of ether oxygens (including phenoxy) is 1. The predicted molar refractivity (Wildman–Crippen MR) is 64.2 cm³/mol. The van der Waals surface area contributed by atoms with Gasteiger partial charge in [-0.1, -0.05) is 29.8 Å². The van der Waals surface area contributed by atoms with Crippen LogP contribution in [0.1, 0.15) is 31.9 Å². The van der Waals surface area contributed by atoms with Crippen molar-refractivity contribution in [3.8, 4) is 0 Å². The number of carbonyl (C=O) groups excluding carboxylic acids is 1. The average molecular weight is 242 g/mol. The highest BCUT2D eigenvalue weighted by molar-refractivity contribution is 6.31. The van der Waals surface area contributed by atoms with E-state index < -0.39 is 6.04 Å². The number of benzene rings is 1. The van der Waals surface area contributed by atoms with Gasteiger partial charge in [0.05, 0.1) is 12.5 Å². The molecule has 0 heterocycles. The minimum Gasteiger partial charge on any atom is -0.463 e. The van der Waals surface area contributed by atoms with E-state index >= 15 is 0 Å². The minimum absolute atomic E-state index is 0.119. The zero-order chi connectivity index (χ0) is 12.1. The first-order valence-corrected chi connectivity index (χ1v) is 5.58. The van der Waals surface area contributed by atoms with Gasteiger partial charge in [0, 0.05) is 11.1 Å². The molecule has 0 saturated heterocycles. The van der Waals surface area contributed by atoms with E-state index in [2.05, 4.69) is 0 Å². The van der Waals surface area contributed by atoms with Crippen LogP contribution >= 0.6 is 11.6 Å². The van der Waals surface area contributed by atoms with Gasteiger partial charge in [-0.25, -0.2) is 0 Å². The van der Waals surface area contributed by atoms with Crippen molar-refractivity contribution >= 4 is 17.6 Å². The van der Waals surface area contributed by atoms with Crippen molar-refractivity contribution in [2.75, 3.05) is 0 Å². The fraction of sp³-hybridized carbons (Fsp3) is 0.417. The second-order valence-electron chi connectivity index (χ2n) is 3.87. The molecule has 0 radical (unpaired) electrons. The second-order valence-corrected chi connectivity index (χ2v) is 4.28. The van der Waals surface area contributed by atoms with Crippen molar-refractivity contribution in [3.05, 3.63) is 34.9 Å². The lowest BCUT2D eigenvalue weighted by atomic mass is 10.1. The molecule has 0 amide bonds. The molecule has 0 aliphatic heterocycles. The fourth-order valence-corrected chi connectivity index (χ4v) is 1.65. The van der Waals surface area contributed by atoms with Crippen LogP contribution in [0.15, 0.2) is 24.3 Å². The van der Waals surface area contributed by atoms with E-state index in [1.54, 1.807) is 19.9 Å². The molecule has 1 aromatic rings. The van der Waals surface area contributed by atoms with Crippen molar-refractivity contribution in [2.45, 2.75) is 32.4 Å². The number of hydrogen-bond acceptors (Lipinski definition) is 3. The quantitative estimate of drug-likeness (QED) is 0.825. The molecule has 1 atom stereocenters. The molecule has 1 aromatic carbocycles. The molecule has 16 heavy (non-hydrogen) atoms. The maximum atomic E-state index is 11.4. The van der Waals surface area contributed by atoms with Crippen molar-refractivity contribution in [1.29, 1.82) is 0 Å². The van der Waals surface area contributed by atoms with Crippen LogP contribution in [-0.4, -0.2) is 12.1 Å². The first-order valence-electron chi connectivity index (χ1n) is 5.20. The molecule has 88 valence electrons. The van der Waals surface area contributed by atoms with Gasteiger partial charge in [-0.3, -0.25) is 4.79 Å². The Morgan fingerprint density at radius 2 is 2.06 bits per heavy atom. The number of halogens is 1. The summed E-state index contributed by atoms with van der Waals surface area (Å²) in [7, 11) is 0. The summed E-state index contributed by atoms with van der Waals surface area (Å²) < 4.78 is 5.02. The van der Waals surface area contributed by atoms with Gasteiger partial charge in [-0.15, -0.1) is 0 Å². The van der Waals surface area contributed by atoms with Crippen molar-refractivity contribution in [2.24, 2.45) is 5.73 Å². The van der Waals surface area contributed by atoms with Gasteiger partial charge in [-0.2, -0.15) is 0 Å². The third kappa shape index (κ3) is 3.83. The zero-order valence-electron chi connectivity index (χ0n) is 9.44. The van der Waals surface area contributed by atoms with Gasteiger partial charge >= 0.3 is 5.97 Å². The van der Waals surface area contributed by atoms with Crippen LogP contribution in [0.5, 0.6) is 0 Å². The molecule has 0 aliphatic rings. The molecule has 0 spiro atoms. The monoisotopic (exact) mass is 241 g/mol. The summed E-state index contributed by atoms with van der Waals surface area (Å²) in [6.07, 6.45) is 0.0213. The van der Waals surface area contributed by atoms with E-state index in [4.69, 9.17) is 22.1 Å². The Bertz CT molecular complexity index is 366. The molecule has 4 heteroatoms. The summed E-state index contributed by atoms with van der Waals surface area (Å²) in [5, 5.41) is 0.576. The summed E-state index contributed by atoms with van der Waals surface area (Å²) in [6, 6.07) is 6.82. The first kappa shape index (κ1) is 13.0. The molecule has 2 N–H and O–H groups in total. The zero-order valence-corrected chi connectivity index (χ0v) is 10.2. The van der Waals surface area contributed by atoms with E-state index in [0.717, 1.165) is 5.56 Å². The summed E-state index contributed by atoms with van der Waals surface area (Å²) in [5.41, 5.74) is 6.66. The number of hydrogen-bond donors (Lipinski definition) is 1. The van der Waals surface area contributed by atoms with Gasteiger partial charge in [0.1, 0.15) is 0 Å². The number of esters is 1. The van der Waals surface area contributed by atoms with Crippen LogP contribution in [0, 0.1) is 0 Å². The summed E-state index contributed by atoms with van der Waals surface area (Å²) >= 11 is 5.98. The topological polar surface area (TPSA) is 52.3 Å². The SMILES string of the molecule is CC(C)OC(=O)C[C@H](N)c1ccccc1Cl. The van der Waals surface area contributed by atoms with Gasteiger partial charge in [0.15, 0.2) is 0 Å². The summed E-state index contributed by atoms with van der Waals surface area (Å²) in [5.74, 6) is -0.303. The molecule has 0 saturated carbocycles. The molecule has 0 fully saturated rings. The molecular formula is C12H16ClNO2. The maximum Gasteiger partial charge on any atom is 0.307 e. The number of carbonyl (C=O) groups is 1. The Labute approximate surface area is 101 Å². The average Bonchev–Trinajstić information content (AvgIpc) is 2.16. The Morgan fingerprint density at radius 3 is 2.62 bits per heavy atom. The third-order valence-electron chi connectivity index (χ3n) is 2.06. The summed E-state index contributed by atoms with van der Waals surface area (Å²) in [4.78, 5) is 11.4. The molecule has 0 aromatic heterocycles. The Kier molecular flexibility index (Phi) is 4.77. The van der Waals surface area contributed by atoms with Crippen molar-refractivity contribution in [1.82, 2.24) is 0 Å². The smallest absolute Gasteiger partial charge is 0.307 e. The Balaban J connectivity index is 2.62. The van der Waals surface area contributed by atoms with Crippen LogP contribution in [0.25, 0.3) is 0 Å². The number of rotatable bonds is 4. The van der Waals surface area contributed by atoms with Crippen LogP contribution in [-0.2, 0) is 9.53 Å². The molecule has 0 unspecified atom stereocenters. The van der Waals surface area contributed by atoms with Crippen LogP contribution in [0.3, 0.4) is 0 Å². The minimum atomic E-state index is -0.417. The molecule has 0 bridgehead atoms. The molecular weight excluding hydrogens is 226 g/mol. The van der Waals surface area contributed by atoms with Gasteiger partial charge in [0.2, 0.25) is 0 Å². The van der Waals surface area contributed by atoms with Crippen LogP contribution in [0.4, 0.5) is 0 Å². The Morgan fingerprint density at radius 1 is 1.44 bits per heavy atom. The van der Waals surface area contributed by atoms with Crippen molar-refractivity contribution in [3.63, 3.8) is 0 Å². The van der Waals surface area contributed by atoms with Gasteiger partial charge in [-0.05, 0) is 25.5 Å². The lowest BCUT2D eigenvalue weighted by Crippen LogP contribution is -2.19. The fourth-order valence-electron chi connectivity index (χ4n) is 1.38. The van der Waals surface area contributed by atoms with Gasteiger partial charge in [0.25, 0.3) is 0 Å². The highest BCUT2D eigenvalue weighted by Gasteiger charge is 2.15. The van der Waals surface area contributed by atoms with Crippen LogP contribution < -0.4 is 5.73 Å². The third-order valence-corrected chi connectivity index (χ3v) is 2.40. The first-order chi connectivity index (χ1) is 7.50. The summed E-state index contributed by atoms with van der Waals surface area (Å²) in [6.45, 7) is 3.61. The van der Waals surface area contributed by atoms with E-state index in [-0.39, 0.29) is 18.5 Å². The standard InChI is InChI=1S/C12H16ClNO2/c1-8(2)16-12(15)7-11(14)9-5-3-4-6-10(9)13/h3-6,8,11H,7,14H2,1-2H3/t11-/m0/s1. The van der Waals surface area contributed by atoms with E-state index in [9.17, 15) is 4.79 Å². The van der Waals surface area contributed by atoms with Crippen LogP contribution in [0.2, 0.25) is 5.02 Å². The number of nitrogens with two attached hydrogens (primary N) is 1. The molecule has 0 aliphatic carbocycles. The van der Waals surface area contributed by atoms with E-state index in [1.807, 2.05) is 18.2 Å². The second kappa shape index (κ2) is 5.87.